The van der Waals surface area contributed by atoms with Crippen LogP contribution in [0.2, 0.25) is 10.0 Å². The maximum absolute atomic E-state index is 6.17. The van der Waals surface area contributed by atoms with Crippen LogP contribution in [0.25, 0.3) is 0 Å². The SMILES string of the molecule is Clc1cccc(CN=C2Nc3cc(Cl)ccc3NC23CCCCC3)c1. The van der Waals surface area contributed by atoms with E-state index in [9.17, 15) is 0 Å². The number of aliphatic imine (C=N–C) groups is 1. The second kappa shape index (κ2) is 6.89. The number of nitrogens with zero attached hydrogens (tertiary/aromatic N) is 1. The molecule has 0 atom stereocenters. The number of hydrogen-bond acceptors (Lipinski definition) is 2. The van der Waals surface area contributed by atoms with Crippen LogP contribution in [0.15, 0.2) is 47.5 Å². The van der Waals surface area contributed by atoms with Crippen LogP contribution >= 0.6 is 23.2 Å². The average molecular weight is 374 g/mol. The first-order valence-corrected chi connectivity index (χ1v) is 9.54. The molecule has 4 rings (SSSR count). The molecule has 3 nitrogen and oxygen atoms in total. The fourth-order valence-corrected chi connectivity index (χ4v) is 4.19. The van der Waals surface area contributed by atoms with Gasteiger partial charge >= 0.3 is 0 Å². The molecule has 2 N–H and O–H groups in total. The fourth-order valence-electron chi connectivity index (χ4n) is 3.81. The molecule has 0 amide bonds. The van der Waals surface area contributed by atoms with Crippen molar-refractivity contribution < 1.29 is 0 Å². The van der Waals surface area contributed by atoms with Crippen molar-refractivity contribution in [2.24, 2.45) is 4.99 Å². The number of amidine groups is 1. The zero-order chi connectivity index (χ0) is 17.3. The Hall–Kier alpha value is -1.71. The van der Waals surface area contributed by atoms with Crippen LogP contribution in [-0.2, 0) is 6.54 Å². The largest absolute Gasteiger partial charge is 0.371 e. The van der Waals surface area contributed by atoms with Crippen molar-refractivity contribution in [2.45, 2.75) is 44.2 Å². The average Bonchev–Trinajstić information content (AvgIpc) is 2.61. The van der Waals surface area contributed by atoms with Crippen LogP contribution in [-0.4, -0.2) is 11.4 Å². The molecule has 1 aliphatic heterocycles. The van der Waals surface area contributed by atoms with E-state index in [-0.39, 0.29) is 5.54 Å². The number of rotatable bonds is 2. The van der Waals surface area contributed by atoms with Crippen LogP contribution in [0.4, 0.5) is 11.4 Å². The third-order valence-electron chi connectivity index (χ3n) is 5.08. The van der Waals surface area contributed by atoms with E-state index in [0.29, 0.717) is 6.54 Å². The van der Waals surface area contributed by atoms with Crippen LogP contribution in [0.1, 0.15) is 37.7 Å². The minimum atomic E-state index is -0.0995. The highest BCUT2D eigenvalue weighted by Gasteiger charge is 2.40. The first-order valence-electron chi connectivity index (χ1n) is 8.79. The summed E-state index contributed by atoms with van der Waals surface area (Å²) in [5.41, 5.74) is 3.11. The van der Waals surface area contributed by atoms with E-state index in [0.717, 1.165) is 45.7 Å². The predicted molar refractivity (Wildman–Crippen MR) is 107 cm³/mol. The molecule has 1 aliphatic carbocycles. The van der Waals surface area contributed by atoms with Crippen LogP contribution in [0, 0.1) is 0 Å². The Morgan fingerprint density at radius 2 is 1.72 bits per heavy atom. The van der Waals surface area contributed by atoms with Gasteiger partial charge in [-0.3, -0.25) is 4.99 Å². The lowest BCUT2D eigenvalue weighted by atomic mass is 9.79. The highest BCUT2D eigenvalue weighted by molar-refractivity contribution is 6.31. The van der Waals surface area contributed by atoms with Gasteiger partial charge < -0.3 is 10.6 Å². The smallest absolute Gasteiger partial charge is 0.127 e. The summed E-state index contributed by atoms with van der Waals surface area (Å²) in [4.78, 5) is 4.94. The molecule has 25 heavy (non-hydrogen) atoms. The van der Waals surface area contributed by atoms with Gasteiger partial charge in [0.25, 0.3) is 0 Å². The Morgan fingerprint density at radius 1 is 0.920 bits per heavy atom. The Bertz CT molecular complexity index is 810. The Balaban J connectivity index is 1.68. The van der Waals surface area contributed by atoms with Crippen molar-refractivity contribution in [1.82, 2.24) is 0 Å². The van der Waals surface area contributed by atoms with Gasteiger partial charge in [-0.15, -0.1) is 0 Å². The van der Waals surface area contributed by atoms with Gasteiger partial charge in [-0.25, -0.2) is 0 Å². The Kier molecular flexibility index (Phi) is 4.61. The minimum Gasteiger partial charge on any atom is -0.371 e. The molecule has 130 valence electrons. The molecule has 0 aromatic heterocycles. The third kappa shape index (κ3) is 3.49. The zero-order valence-corrected chi connectivity index (χ0v) is 15.5. The topological polar surface area (TPSA) is 36.4 Å². The number of anilines is 2. The van der Waals surface area contributed by atoms with Crippen molar-refractivity contribution in [3.63, 3.8) is 0 Å². The van der Waals surface area contributed by atoms with Crippen molar-refractivity contribution in [2.75, 3.05) is 10.6 Å². The number of halogens is 2. The highest BCUT2D eigenvalue weighted by atomic mass is 35.5. The third-order valence-corrected chi connectivity index (χ3v) is 5.55. The normalized spacial score (nSPS) is 20.0. The number of hydrogen-bond donors (Lipinski definition) is 2. The first-order chi connectivity index (χ1) is 12.1. The van der Waals surface area contributed by atoms with E-state index in [1.807, 2.05) is 30.3 Å². The molecule has 1 saturated carbocycles. The first kappa shape index (κ1) is 16.7. The van der Waals surface area contributed by atoms with Crippen molar-refractivity contribution in [3.05, 3.63) is 58.1 Å². The molecule has 0 bridgehead atoms. The van der Waals surface area contributed by atoms with Crippen molar-refractivity contribution in [1.29, 1.82) is 0 Å². The number of benzene rings is 2. The van der Waals surface area contributed by atoms with Gasteiger partial charge in [0.1, 0.15) is 5.84 Å². The fraction of sp³-hybridized carbons (Fsp3) is 0.350. The number of fused-ring (bicyclic) bond motifs is 1. The van der Waals surface area contributed by atoms with Gasteiger partial charge in [-0.1, -0.05) is 54.6 Å². The zero-order valence-electron chi connectivity index (χ0n) is 14.0. The van der Waals surface area contributed by atoms with Gasteiger partial charge in [0, 0.05) is 10.0 Å². The molecular formula is C20H21Cl2N3. The van der Waals surface area contributed by atoms with E-state index >= 15 is 0 Å². The van der Waals surface area contributed by atoms with E-state index in [2.05, 4.69) is 22.8 Å². The highest BCUT2D eigenvalue weighted by Crippen LogP contribution is 2.40. The molecule has 2 aromatic rings. The van der Waals surface area contributed by atoms with Crippen LogP contribution in [0.5, 0.6) is 0 Å². The summed E-state index contributed by atoms with van der Waals surface area (Å²) in [7, 11) is 0. The predicted octanol–water partition coefficient (Wildman–Crippen LogP) is 6.13. The molecular weight excluding hydrogens is 353 g/mol. The van der Waals surface area contributed by atoms with Crippen molar-refractivity contribution >= 4 is 40.4 Å². The molecule has 1 spiro atoms. The summed E-state index contributed by atoms with van der Waals surface area (Å²) in [6, 6.07) is 13.8. The lowest BCUT2D eigenvalue weighted by Gasteiger charge is -2.44. The number of nitrogens with one attached hydrogen (secondary N) is 2. The molecule has 0 unspecified atom stereocenters. The van der Waals surface area contributed by atoms with Gasteiger partial charge in [0.05, 0.1) is 23.5 Å². The van der Waals surface area contributed by atoms with Gasteiger partial charge in [0.15, 0.2) is 0 Å². The van der Waals surface area contributed by atoms with E-state index in [1.54, 1.807) is 0 Å². The second-order valence-corrected chi connectivity index (χ2v) is 7.75. The van der Waals surface area contributed by atoms with Crippen LogP contribution < -0.4 is 10.6 Å². The quantitative estimate of drug-likeness (QED) is 0.663. The van der Waals surface area contributed by atoms with E-state index in [4.69, 9.17) is 28.2 Å². The maximum Gasteiger partial charge on any atom is 0.127 e. The summed E-state index contributed by atoms with van der Waals surface area (Å²) in [6.07, 6.45) is 5.91. The molecule has 5 heteroatoms. The van der Waals surface area contributed by atoms with Crippen LogP contribution in [0.3, 0.4) is 0 Å². The lowest BCUT2D eigenvalue weighted by Crippen LogP contribution is -2.53. The standard InChI is InChI=1S/C20H21Cl2N3/c21-15-6-4-5-14(11-15)13-23-19-20(9-2-1-3-10-20)25-17-8-7-16(22)12-18(17)24-19/h4-8,11-12,25H,1-3,9-10,13H2,(H,23,24). The lowest BCUT2D eigenvalue weighted by molar-refractivity contribution is 0.403. The summed E-state index contributed by atoms with van der Waals surface area (Å²) in [6.45, 7) is 0.613. The molecule has 0 radical (unpaired) electrons. The van der Waals surface area contributed by atoms with E-state index in [1.165, 1.54) is 19.3 Å². The molecule has 0 saturated heterocycles. The maximum atomic E-state index is 6.17. The second-order valence-electron chi connectivity index (χ2n) is 6.88. The summed E-state index contributed by atoms with van der Waals surface area (Å²) < 4.78 is 0. The molecule has 2 aliphatic rings. The van der Waals surface area contributed by atoms with Crippen molar-refractivity contribution in [3.8, 4) is 0 Å². The van der Waals surface area contributed by atoms with E-state index < -0.39 is 0 Å². The molecule has 2 aromatic carbocycles. The Morgan fingerprint density at radius 3 is 2.52 bits per heavy atom. The van der Waals surface area contributed by atoms with Gasteiger partial charge in [-0.2, -0.15) is 0 Å². The summed E-state index contributed by atoms with van der Waals surface area (Å²) in [5, 5.41) is 8.78. The Labute approximate surface area is 158 Å². The minimum absolute atomic E-state index is 0.0995. The van der Waals surface area contributed by atoms with Gasteiger partial charge in [-0.05, 0) is 48.7 Å². The van der Waals surface area contributed by atoms with Gasteiger partial charge in [0.2, 0.25) is 0 Å². The molecule has 1 fully saturated rings. The monoisotopic (exact) mass is 373 g/mol. The molecule has 1 heterocycles. The summed E-state index contributed by atoms with van der Waals surface area (Å²) in [5.74, 6) is 1.02. The summed E-state index contributed by atoms with van der Waals surface area (Å²) >= 11 is 12.3.